The number of nitrogens with zero attached hydrogens (tertiary/aromatic N) is 2. The zero-order valence-electron chi connectivity index (χ0n) is 10.3. The minimum absolute atomic E-state index is 0.112. The summed E-state index contributed by atoms with van der Waals surface area (Å²) in [5, 5.41) is 35.6. The Kier molecular flexibility index (Phi) is 3.02. The SMILES string of the molecule is O/N=C1/CCCc2c(-c3cc(Cl)c(O)cc3O)noc21. The van der Waals surface area contributed by atoms with E-state index in [1.807, 2.05) is 0 Å². The number of aromatic hydroxyl groups is 2. The van der Waals surface area contributed by atoms with Crippen LogP contribution in [0.2, 0.25) is 5.02 Å². The third-order valence-corrected chi connectivity index (χ3v) is 3.63. The molecule has 104 valence electrons. The molecule has 1 aliphatic carbocycles. The number of rotatable bonds is 1. The van der Waals surface area contributed by atoms with Gasteiger partial charge in [0.1, 0.15) is 22.9 Å². The van der Waals surface area contributed by atoms with Gasteiger partial charge in [-0.3, -0.25) is 0 Å². The predicted octanol–water partition coefficient (Wildman–Crippen LogP) is 2.92. The highest BCUT2D eigenvalue weighted by molar-refractivity contribution is 6.32. The second-order valence-electron chi connectivity index (χ2n) is 4.56. The first kappa shape index (κ1) is 12.8. The van der Waals surface area contributed by atoms with Crippen LogP contribution in [0.5, 0.6) is 11.5 Å². The van der Waals surface area contributed by atoms with E-state index < -0.39 is 0 Å². The molecule has 0 fully saturated rings. The lowest BCUT2D eigenvalue weighted by atomic mass is 9.92. The standard InChI is InChI=1S/C13H11ClN2O4/c14-8-4-7(10(17)5-11(8)18)12-6-2-1-3-9(15-19)13(6)20-16-12/h4-5,17-19H,1-3H2/b15-9-. The Balaban J connectivity index is 2.18. The molecule has 0 saturated heterocycles. The Bertz CT molecular complexity index is 709. The lowest BCUT2D eigenvalue weighted by Gasteiger charge is -2.11. The summed E-state index contributed by atoms with van der Waals surface area (Å²) in [5.41, 5.74) is 2.02. The van der Waals surface area contributed by atoms with Crippen LogP contribution in [-0.4, -0.2) is 26.3 Å². The van der Waals surface area contributed by atoms with Crippen molar-refractivity contribution in [3.63, 3.8) is 0 Å². The molecule has 0 amide bonds. The van der Waals surface area contributed by atoms with E-state index in [9.17, 15) is 10.2 Å². The summed E-state index contributed by atoms with van der Waals surface area (Å²) in [4.78, 5) is 0. The van der Waals surface area contributed by atoms with Crippen LogP contribution in [0.15, 0.2) is 21.8 Å². The van der Waals surface area contributed by atoms with E-state index in [1.54, 1.807) is 0 Å². The highest BCUT2D eigenvalue weighted by atomic mass is 35.5. The van der Waals surface area contributed by atoms with Crippen molar-refractivity contribution in [3.8, 4) is 22.8 Å². The van der Waals surface area contributed by atoms with Crippen LogP contribution < -0.4 is 0 Å². The number of halogens is 1. The Morgan fingerprint density at radius 3 is 2.75 bits per heavy atom. The van der Waals surface area contributed by atoms with Gasteiger partial charge in [0.05, 0.1) is 5.02 Å². The fourth-order valence-electron chi connectivity index (χ4n) is 2.36. The maximum atomic E-state index is 9.93. The molecule has 0 atom stereocenters. The fraction of sp³-hybridized carbons (Fsp3) is 0.231. The van der Waals surface area contributed by atoms with Gasteiger partial charge in [0.15, 0.2) is 5.76 Å². The van der Waals surface area contributed by atoms with Crippen molar-refractivity contribution in [3.05, 3.63) is 28.5 Å². The van der Waals surface area contributed by atoms with E-state index >= 15 is 0 Å². The van der Waals surface area contributed by atoms with E-state index in [-0.39, 0.29) is 16.5 Å². The van der Waals surface area contributed by atoms with Crippen molar-refractivity contribution in [2.75, 3.05) is 0 Å². The highest BCUT2D eigenvalue weighted by Crippen LogP contribution is 2.40. The molecule has 1 aromatic heterocycles. The van der Waals surface area contributed by atoms with E-state index in [0.717, 1.165) is 18.1 Å². The lowest BCUT2D eigenvalue weighted by Crippen LogP contribution is -2.10. The topological polar surface area (TPSA) is 99.1 Å². The van der Waals surface area contributed by atoms with Crippen molar-refractivity contribution in [1.82, 2.24) is 5.16 Å². The number of aromatic nitrogens is 1. The van der Waals surface area contributed by atoms with Gasteiger partial charge in [0, 0.05) is 17.2 Å². The average molecular weight is 295 g/mol. The number of oxime groups is 1. The van der Waals surface area contributed by atoms with E-state index in [2.05, 4.69) is 10.3 Å². The molecule has 20 heavy (non-hydrogen) atoms. The van der Waals surface area contributed by atoms with Crippen LogP contribution in [0.1, 0.15) is 24.2 Å². The molecule has 0 unspecified atom stereocenters. The minimum Gasteiger partial charge on any atom is -0.507 e. The van der Waals surface area contributed by atoms with Crippen molar-refractivity contribution in [1.29, 1.82) is 0 Å². The predicted molar refractivity (Wildman–Crippen MR) is 71.5 cm³/mol. The van der Waals surface area contributed by atoms with Crippen LogP contribution in [0, 0.1) is 0 Å². The number of hydrogen-bond acceptors (Lipinski definition) is 6. The summed E-state index contributed by atoms with van der Waals surface area (Å²) in [5.74, 6) is 0.0799. The average Bonchev–Trinajstić information content (AvgIpc) is 2.86. The van der Waals surface area contributed by atoms with Crippen LogP contribution >= 0.6 is 11.6 Å². The van der Waals surface area contributed by atoms with Gasteiger partial charge in [-0.2, -0.15) is 0 Å². The first-order chi connectivity index (χ1) is 9.61. The highest BCUT2D eigenvalue weighted by Gasteiger charge is 2.27. The lowest BCUT2D eigenvalue weighted by molar-refractivity contribution is 0.313. The minimum atomic E-state index is -0.206. The Morgan fingerprint density at radius 1 is 1.20 bits per heavy atom. The molecule has 0 radical (unpaired) electrons. The normalized spacial score (nSPS) is 16.4. The molecule has 0 aliphatic heterocycles. The molecule has 7 heteroatoms. The second-order valence-corrected chi connectivity index (χ2v) is 4.97. The molecule has 0 saturated carbocycles. The molecule has 0 spiro atoms. The number of hydrogen-bond donors (Lipinski definition) is 3. The first-order valence-corrected chi connectivity index (χ1v) is 6.41. The largest absolute Gasteiger partial charge is 0.507 e. The van der Waals surface area contributed by atoms with Crippen molar-refractivity contribution < 1.29 is 19.9 Å². The smallest absolute Gasteiger partial charge is 0.188 e. The van der Waals surface area contributed by atoms with Crippen molar-refractivity contribution in [2.24, 2.45) is 5.16 Å². The summed E-state index contributed by atoms with van der Waals surface area (Å²) in [7, 11) is 0. The number of benzene rings is 1. The number of phenols is 2. The molecule has 1 aliphatic rings. The van der Waals surface area contributed by atoms with Gasteiger partial charge in [-0.1, -0.05) is 21.9 Å². The van der Waals surface area contributed by atoms with E-state index in [1.165, 1.54) is 6.07 Å². The van der Waals surface area contributed by atoms with Gasteiger partial charge in [0.2, 0.25) is 0 Å². The Hall–Kier alpha value is -2.21. The summed E-state index contributed by atoms with van der Waals surface area (Å²) in [6.07, 6.45) is 2.11. The van der Waals surface area contributed by atoms with Crippen LogP contribution in [0.4, 0.5) is 0 Å². The van der Waals surface area contributed by atoms with Gasteiger partial charge in [-0.05, 0) is 25.3 Å². The molecule has 0 bridgehead atoms. The van der Waals surface area contributed by atoms with Gasteiger partial charge < -0.3 is 19.9 Å². The molecular formula is C13H11ClN2O4. The summed E-state index contributed by atoms with van der Waals surface area (Å²) < 4.78 is 5.21. The first-order valence-electron chi connectivity index (χ1n) is 6.03. The van der Waals surface area contributed by atoms with Crippen molar-refractivity contribution in [2.45, 2.75) is 19.3 Å². The zero-order valence-corrected chi connectivity index (χ0v) is 11.1. The molecule has 3 rings (SSSR count). The third-order valence-electron chi connectivity index (χ3n) is 3.33. The molecule has 6 nitrogen and oxygen atoms in total. The summed E-state index contributed by atoms with van der Waals surface area (Å²) in [6.45, 7) is 0. The monoisotopic (exact) mass is 294 g/mol. The summed E-state index contributed by atoms with van der Waals surface area (Å²) in [6, 6.07) is 2.58. The van der Waals surface area contributed by atoms with Crippen LogP contribution in [-0.2, 0) is 6.42 Å². The Morgan fingerprint density at radius 2 is 2.00 bits per heavy atom. The molecule has 1 heterocycles. The maximum absolute atomic E-state index is 9.93. The summed E-state index contributed by atoms with van der Waals surface area (Å²) >= 11 is 5.86. The maximum Gasteiger partial charge on any atom is 0.188 e. The molecular weight excluding hydrogens is 284 g/mol. The van der Waals surface area contributed by atoms with Gasteiger partial charge in [-0.25, -0.2) is 0 Å². The van der Waals surface area contributed by atoms with E-state index in [4.69, 9.17) is 21.3 Å². The fourth-order valence-corrected chi connectivity index (χ4v) is 2.53. The second kappa shape index (κ2) is 4.72. The van der Waals surface area contributed by atoms with Crippen LogP contribution in [0.25, 0.3) is 11.3 Å². The van der Waals surface area contributed by atoms with E-state index in [0.29, 0.717) is 35.6 Å². The van der Waals surface area contributed by atoms with Gasteiger partial charge in [0.25, 0.3) is 0 Å². The third kappa shape index (κ3) is 1.89. The Labute approximate surface area is 118 Å². The van der Waals surface area contributed by atoms with Crippen molar-refractivity contribution >= 4 is 17.3 Å². The quantitative estimate of drug-likeness (QED) is 0.555. The number of phenolic OH excluding ortho intramolecular Hbond substituents is 2. The van der Waals surface area contributed by atoms with Gasteiger partial charge >= 0.3 is 0 Å². The zero-order chi connectivity index (χ0) is 14.3. The van der Waals surface area contributed by atoms with Gasteiger partial charge in [-0.15, -0.1) is 0 Å². The molecule has 2 aromatic rings. The number of fused-ring (bicyclic) bond motifs is 1. The van der Waals surface area contributed by atoms with Crippen LogP contribution in [0.3, 0.4) is 0 Å². The molecule has 1 aromatic carbocycles. The molecule has 3 N–H and O–H groups in total.